The van der Waals surface area contributed by atoms with Crippen LogP contribution in [0.5, 0.6) is 0 Å². The third-order valence-electron chi connectivity index (χ3n) is 3.74. The number of aromatic nitrogens is 2. The molecule has 1 fully saturated rings. The summed E-state index contributed by atoms with van der Waals surface area (Å²) in [6.45, 7) is 7.55. The minimum Gasteiger partial charge on any atom is -0.450 e. The number of carbonyl (C=O) groups excluding carboxylic acids is 1. The molecule has 1 aliphatic heterocycles. The molecule has 9 heteroatoms. The number of nitrogens with one attached hydrogen (secondary N) is 1. The van der Waals surface area contributed by atoms with E-state index in [9.17, 15) is 4.79 Å². The van der Waals surface area contributed by atoms with E-state index < -0.39 is 0 Å². The summed E-state index contributed by atoms with van der Waals surface area (Å²) in [4.78, 5) is 24.1. The topological polar surface area (TPSA) is 96.1 Å². The zero-order chi connectivity index (χ0) is 17.4. The van der Waals surface area contributed by atoms with Crippen molar-refractivity contribution in [1.82, 2.24) is 25.3 Å². The van der Waals surface area contributed by atoms with Crippen molar-refractivity contribution < 1.29 is 14.1 Å². The van der Waals surface area contributed by atoms with E-state index in [0.29, 0.717) is 31.4 Å². The molecule has 1 aromatic rings. The Hall–Kier alpha value is -2.32. The molecule has 1 N–H and O–H groups in total. The predicted molar refractivity (Wildman–Crippen MR) is 88.9 cm³/mol. The smallest absolute Gasteiger partial charge is 0.409 e. The maximum atomic E-state index is 11.7. The van der Waals surface area contributed by atoms with E-state index in [0.717, 1.165) is 38.4 Å². The molecule has 0 aromatic carbocycles. The Kier molecular flexibility index (Phi) is 6.83. The van der Waals surface area contributed by atoms with E-state index in [1.807, 2.05) is 13.8 Å². The third-order valence-corrected chi connectivity index (χ3v) is 3.74. The van der Waals surface area contributed by atoms with Crippen molar-refractivity contribution in [2.75, 3.05) is 46.4 Å². The normalized spacial score (nSPS) is 15.5. The fraction of sp³-hybridized carbons (Fsp3) is 0.733. The molecule has 0 radical (unpaired) electrons. The van der Waals surface area contributed by atoms with E-state index in [2.05, 4.69) is 25.3 Å². The second-order valence-electron chi connectivity index (χ2n) is 5.49. The lowest BCUT2D eigenvalue weighted by atomic mass is 10.3. The lowest BCUT2D eigenvalue weighted by Gasteiger charge is -2.35. The molecule has 9 nitrogen and oxygen atoms in total. The lowest BCUT2D eigenvalue weighted by Crippen LogP contribution is -2.54. The molecule has 24 heavy (non-hydrogen) atoms. The molecule has 1 aliphatic rings. The molecule has 2 heterocycles. The number of hydrogen-bond acceptors (Lipinski definition) is 6. The number of aryl methyl sites for hydroxylation is 2. The average molecular weight is 338 g/mol. The summed E-state index contributed by atoms with van der Waals surface area (Å²) < 4.78 is 10.1. The van der Waals surface area contributed by atoms with Crippen LogP contribution in [0.1, 0.15) is 25.1 Å². The van der Waals surface area contributed by atoms with Crippen molar-refractivity contribution >= 4 is 12.1 Å². The molecule has 1 aromatic heterocycles. The van der Waals surface area contributed by atoms with Gasteiger partial charge >= 0.3 is 6.09 Å². The van der Waals surface area contributed by atoms with Crippen molar-refractivity contribution in [3.05, 3.63) is 11.7 Å². The first kappa shape index (κ1) is 18.0. The number of hydrogen-bond donors (Lipinski definition) is 1. The first-order valence-electron chi connectivity index (χ1n) is 8.30. The molecule has 0 aliphatic carbocycles. The van der Waals surface area contributed by atoms with Gasteiger partial charge < -0.3 is 24.4 Å². The van der Waals surface area contributed by atoms with Crippen LogP contribution >= 0.6 is 0 Å². The van der Waals surface area contributed by atoms with Gasteiger partial charge in [-0.3, -0.25) is 4.99 Å². The molecule has 1 saturated heterocycles. The summed E-state index contributed by atoms with van der Waals surface area (Å²) in [6.07, 6.45) is 1.38. The molecule has 0 atom stereocenters. The van der Waals surface area contributed by atoms with E-state index in [1.54, 1.807) is 11.9 Å². The average Bonchev–Trinajstić information content (AvgIpc) is 3.01. The van der Waals surface area contributed by atoms with Crippen LogP contribution in [0.4, 0.5) is 4.79 Å². The Morgan fingerprint density at radius 1 is 1.33 bits per heavy atom. The van der Waals surface area contributed by atoms with Crippen LogP contribution in [0.15, 0.2) is 9.52 Å². The van der Waals surface area contributed by atoms with Crippen LogP contribution in [0.2, 0.25) is 0 Å². The van der Waals surface area contributed by atoms with Crippen molar-refractivity contribution in [3.8, 4) is 0 Å². The van der Waals surface area contributed by atoms with Gasteiger partial charge in [0.05, 0.1) is 6.61 Å². The van der Waals surface area contributed by atoms with Gasteiger partial charge in [-0.05, 0) is 20.3 Å². The molecule has 0 unspecified atom stereocenters. The Bertz CT molecular complexity index is 551. The Morgan fingerprint density at radius 2 is 2.04 bits per heavy atom. The van der Waals surface area contributed by atoms with Gasteiger partial charge in [-0.25, -0.2) is 4.79 Å². The second kappa shape index (κ2) is 9.09. The van der Waals surface area contributed by atoms with Crippen LogP contribution in [0.25, 0.3) is 0 Å². The van der Waals surface area contributed by atoms with Crippen LogP contribution in [0, 0.1) is 6.92 Å². The summed E-state index contributed by atoms with van der Waals surface area (Å²) in [7, 11) is 1.77. The van der Waals surface area contributed by atoms with E-state index in [1.165, 1.54) is 0 Å². The molecule has 1 amide bonds. The van der Waals surface area contributed by atoms with E-state index in [-0.39, 0.29) is 6.09 Å². The van der Waals surface area contributed by atoms with Crippen LogP contribution in [-0.4, -0.2) is 78.4 Å². The zero-order valence-corrected chi connectivity index (χ0v) is 14.6. The number of nitrogens with zero attached hydrogens (tertiary/aromatic N) is 5. The molecule has 134 valence electrons. The minimum atomic E-state index is -0.241. The van der Waals surface area contributed by atoms with Crippen molar-refractivity contribution in [1.29, 1.82) is 0 Å². The van der Waals surface area contributed by atoms with Gasteiger partial charge in [-0.15, -0.1) is 0 Å². The highest BCUT2D eigenvalue weighted by Gasteiger charge is 2.23. The van der Waals surface area contributed by atoms with Gasteiger partial charge in [0, 0.05) is 46.2 Å². The van der Waals surface area contributed by atoms with Crippen LogP contribution in [0.3, 0.4) is 0 Å². The van der Waals surface area contributed by atoms with E-state index >= 15 is 0 Å². The maximum absolute atomic E-state index is 11.7. The van der Waals surface area contributed by atoms with Gasteiger partial charge in [-0.1, -0.05) is 5.16 Å². The second-order valence-corrected chi connectivity index (χ2v) is 5.49. The summed E-state index contributed by atoms with van der Waals surface area (Å²) in [6, 6.07) is 0. The number of aliphatic imine (C=N–C) groups is 1. The van der Waals surface area contributed by atoms with E-state index in [4.69, 9.17) is 9.26 Å². The number of piperazine rings is 1. The van der Waals surface area contributed by atoms with Gasteiger partial charge in [0.1, 0.15) is 0 Å². The van der Waals surface area contributed by atoms with Crippen LogP contribution < -0.4 is 5.32 Å². The molecule has 2 rings (SSSR count). The largest absolute Gasteiger partial charge is 0.450 e. The number of amides is 1. The Balaban J connectivity index is 1.69. The predicted octanol–water partition coefficient (Wildman–Crippen LogP) is 0.660. The highest BCUT2D eigenvalue weighted by Crippen LogP contribution is 2.05. The quantitative estimate of drug-likeness (QED) is 0.478. The van der Waals surface area contributed by atoms with Gasteiger partial charge in [0.2, 0.25) is 5.89 Å². The third kappa shape index (κ3) is 5.10. The fourth-order valence-corrected chi connectivity index (χ4v) is 2.53. The lowest BCUT2D eigenvalue weighted by molar-refractivity contribution is 0.0914. The molecule has 0 spiro atoms. The highest BCUT2D eigenvalue weighted by molar-refractivity contribution is 5.80. The molecular formula is C15H26N6O3. The summed E-state index contributed by atoms with van der Waals surface area (Å²) in [5.41, 5.74) is 0. The number of rotatable bonds is 5. The summed E-state index contributed by atoms with van der Waals surface area (Å²) in [5.74, 6) is 2.17. The summed E-state index contributed by atoms with van der Waals surface area (Å²) >= 11 is 0. The molecule has 0 bridgehead atoms. The Morgan fingerprint density at radius 3 is 2.62 bits per heavy atom. The number of carbonyl (C=O) groups is 1. The number of ether oxygens (including phenoxy) is 1. The highest BCUT2D eigenvalue weighted by atomic mass is 16.6. The van der Waals surface area contributed by atoms with Gasteiger partial charge in [-0.2, -0.15) is 4.98 Å². The molecule has 0 saturated carbocycles. The maximum Gasteiger partial charge on any atom is 0.409 e. The summed E-state index contributed by atoms with van der Waals surface area (Å²) in [5, 5.41) is 7.11. The van der Waals surface area contributed by atoms with Crippen LogP contribution in [-0.2, 0) is 11.2 Å². The first-order chi connectivity index (χ1) is 11.6. The monoisotopic (exact) mass is 338 g/mol. The first-order valence-corrected chi connectivity index (χ1v) is 8.30. The molecular weight excluding hydrogens is 312 g/mol. The SMILES string of the molecule is CCOC(=O)N1CCN(C(=NC)NCCCc2nc(C)no2)CC1. The van der Waals surface area contributed by atoms with Crippen molar-refractivity contribution in [2.24, 2.45) is 4.99 Å². The Labute approximate surface area is 142 Å². The van der Waals surface area contributed by atoms with Crippen molar-refractivity contribution in [3.63, 3.8) is 0 Å². The fourth-order valence-electron chi connectivity index (χ4n) is 2.53. The van der Waals surface area contributed by atoms with Gasteiger partial charge in [0.15, 0.2) is 11.8 Å². The zero-order valence-electron chi connectivity index (χ0n) is 14.6. The van der Waals surface area contributed by atoms with Gasteiger partial charge in [0.25, 0.3) is 0 Å². The minimum absolute atomic E-state index is 0.241. The van der Waals surface area contributed by atoms with Crippen molar-refractivity contribution in [2.45, 2.75) is 26.7 Å². The standard InChI is InChI=1S/C15H26N6O3/c1-4-23-15(22)21-10-8-20(9-11-21)14(16-3)17-7-5-6-13-18-12(2)19-24-13/h4-11H2,1-3H3,(H,16,17). The number of guanidine groups is 1.